The van der Waals surface area contributed by atoms with Crippen LogP contribution in [0.3, 0.4) is 0 Å². The van der Waals surface area contributed by atoms with E-state index >= 15 is 0 Å². The summed E-state index contributed by atoms with van der Waals surface area (Å²) in [4.78, 5) is 10.6. The van der Waals surface area contributed by atoms with Gasteiger partial charge in [-0.3, -0.25) is 0 Å². The fourth-order valence-corrected chi connectivity index (χ4v) is 3.20. The van der Waals surface area contributed by atoms with Gasteiger partial charge in [-0.25, -0.2) is 12.8 Å². The molecule has 0 radical (unpaired) electrons. The molecule has 0 N–H and O–H groups in total. The highest BCUT2D eigenvalue weighted by atomic mass is 32.2. The Morgan fingerprint density at radius 1 is 1.33 bits per heavy atom. The number of aldehydes is 1. The molecule has 0 bridgehead atoms. The van der Waals surface area contributed by atoms with Gasteiger partial charge in [-0.15, -0.1) is 0 Å². The van der Waals surface area contributed by atoms with Crippen molar-refractivity contribution in [2.45, 2.75) is 22.5 Å². The third-order valence-electron chi connectivity index (χ3n) is 2.60. The molecule has 1 aliphatic carbocycles. The number of carbonyl (C=O) groups is 1. The van der Waals surface area contributed by atoms with Gasteiger partial charge in [0, 0.05) is 0 Å². The molecular weight excluding hydrogens is 219 g/mol. The standard InChI is InChI=1S/C10H9FO3S/c11-8-2-1-3-9(6-8)15(13,14)10(7-12)4-5-10/h1-3,6-7H,4-5H2. The van der Waals surface area contributed by atoms with Crippen LogP contribution in [0, 0.1) is 5.82 Å². The normalized spacial score (nSPS) is 18.5. The van der Waals surface area contributed by atoms with Gasteiger partial charge >= 0.3 is 0 Å². The molecule has 2 rings (SSSR count). The maximum absolute atomic E-state index is 12.9. The first kappa shape index (κ1) is 10.3. The molecule has 1 fully saturated rings. The first-order valence-electron chi connectivity index (χ1n) is 4.48. The van der Waals surface area contributed by atoms with E-state index in [1.807, 2.05) is 0 Å². The second kappa shape index (κ2) is 3.13. The second-order valence-electron chi connectivity index (χ2n) is 3.64. The molecule has 1 aromatic carbocycles. The SMILES string of the molecule is O=CC1(S(=O)(=O)c2cccc(F)c2)CC1. The lowest BCUT2D eigenvalue weighted by Crippen LogP contribution is -2.24. The molecule has 0 aliphatic heterocycles. The summed E-state index contributed by atoms with van der Waals surface area (Å²) in [6.45, 7) is 0. The summed E-state index contributed by atoms with van der Waals surface area (Å²) in [5.41, 5.74) is 0. The Morgan fingerprint density at radius 3 is 2.47 bits per heavy atom. The summed E-state index contributed by atoms with van der Waals surface area (Å²) in [6, 6.07) is 4.74. The maximum atomic E-state index is 12.9. The second-order valence-corrected chi connectivity index (χ2v) is 5.93. The third-order valence-corrected chi connectivity index (χ3v) is 5.05. The Bertz CT molecular complexity index is 503. The Hall–Kier alpha value is -1.23. The van der Waals surface area contributed by atoms with Crippen molar-refractivity contribution >= 4 is 16.1 Å². The zero-order valence-electron chi connectivity index (χ0n) is 7.81. The monoisotopic (exact) mass is 228 g/mol. The summed E-state index contributed by atoms with van der Waals surface area (Å²) in [7, 11) is -3.71. The van der Waals surface area contributed by atoms with Gasteiger partial charge in [0.15, 0.2) is 9.84 Å². The molecular formula is C10H9FO3S. The zero-order chi connectivity index (χ0) is 11.1. The minimum Gasteiger partial charge on any atom is -0.302 e. The summed E-state index contributed by atoms with van der Waals surface area (Å²) in [5, 5.41) is 0. The number of benzene rings is 1. The number of hydrogen-bond donors (Lipinski definition) is 0. The number of sulfone groups is 1. The van der Waals surface area contributed by atoms with Crippen molar-refractivity contribution in [3.63, 3.8) is 0 Å². The van der Waals surface area contributed by atoms with Crippen LogP contribution < -0.4 is 0 Å². The minimum atomic E-state index is -3.71. The maximum Gasteiger partial charge on any atom is 0.190 e. The fraction of sp³-hybridized carbons (Fsp3) is 0.300. The molecule has 3 nitrogen and oxygen atoms in total. The topological polar surface area (TPSA) is 51.2 Å². The zero-order valence-corrected chi connectivity index (χ0v) is 8.63. The van der Waals surface area contributed by atoms with Crippen LogP contribution in [0.4, 0.5) is 4.39 Å². The quantitative estimate of drug-likeness (QED) is 0.733. The molecule has 80 valence electrons. The van der Waals surface area contributed by atoms with E-state index in [0.717, 1.165) is 6.07 Å². The van der Waals surface area contributed by atoms with Crippen molar-refractivity contribution in [1.29, 1.82) is 0 Å². The molecule has 0 aromatic heterocycles. The predicted octanol–water partition coefficient (Wildman–Crippen LogP) is 1.33. The lowest BCUT2D eigenvalue weighted by Gasteiger charge is -2.08. The van der Waals surface area contributed by atoms with Gasteiger partial charge in [0.1, 0.15) is 16.9 Å². The van der Waals surface area contributed by atoms with Crippen LogP contribution >= 0.6 is 0 Å². The number of carbonyl (C=O) groups excluding carboxylic acids is 1. The highest BCUT2D eigenvalue weighted by Crippen LogP contribution is 2.44. The Labute approximate surface area is 86.8 Å². The molecule has 0 atom stereocenters. The molecule has 5 heteroatoms. The van der Waals surface area contributed by atoms with Crippen LogP contribution in [-0.4, -0.2) is 19.5 Å². The first-order valence-corrected chi connectivity index (χ1v) is 5.97. The van der Waals surface area contributed by atoms with Crippen molar-refractivity contribution < 1.29 is 17.6 Å². The van der Waals surface area contributed by atoms with E-state index in [2.05, 4.69) is 0 Å². The van der Waals surface area contributed by atoms with E-state index in [1.165, 1.54) is 18.2 Å². The Kier molecular flexibility index (Phi) is 2.15. The lowest BCUT2D eigenvalue weighted by molar-refractivity contribution is -0.108. The van der Waals surface area contributed by atoms with Crippen LogP contribution in [0.5, 0.6) is 0 Å². The molecule has 1 saturated carbocycles. The van der Waals surface area contributed by atoms with E-state index in [9.17, 15) is 17.6 Å². The highest BCUT2D eigenvalue weighted by molar-refractivity contribution is 7.93. The van der Waals surface area contributed by atoms with Gasteiger partial charge in [0.25, 0.3) is 0 Å². The van der Waals surface area contributed by atoms with Crippen LogP contribution in [0.25, 0.3) is 0 Å². The predicted molar refractivity (Wildman–Crippen MR) is 51.6 cm³/mol. The fourth-order valence-electron chi connectivity index (χ4n) is 1.44. The van der Waals surface area contributed by atoms with E-state index in [4.69, 9.17) is 0 Å². The van der Waals surface area contributed by atoms with Gasteiger partial charge in [-0.2, -0.15) is 0 Å². The molecule has 15 heavy (non-hydrogen) atoms. The van der Waals surface area contributed by atoms with E-state index < -0.39 is 20.4 Å². The molecule has 0 amide bonds. The van der Waals surface area contributed by atoms with Gasteiger partial charge in [-0.05, 0) is 31.0 Å². The number of hydrogen-bond acceptors (Lipinski definition) is 3. The van der Waals surface area contributed by atoms with E-state index in [1.54, 1.807) is 0 Å². The van der Waals surface area contributed by atoms with Gasteiger partial charge < -0.3 is 4.79 Å². The van der Waals surface area contributed by atoms with Crippen molar-refractivity contribution in [1.82, 2.24) is 0 Å². The van der Waals surface area contributed by atoms with Crippen LogP contribution in [0.1, 0.15) is 12.8 Å². The van der Waals surface area contributed by atoms with Crippen LogP contribution in [0.2, 0.25) is 0 Å². The number of rotatable bonds is 3. The van der Waals surface area contributed by atoms with Crippen LogP contribution in [0.15, 0.2) is 29.2 Å². The van der Waals surface area contributed by atoms with Crippen molar-refractivity contribution in [2.75, 3.05) is 0 Å². The largest absolute Gasteiger partial charge is 0.302 e. The number of halogens is 1. The van der Waals surface area contributed by atoms with Crippen molar-refractivity contribution in [3.8, 4) is 0 Å². The summed E-state index contributed by atoms with van der Waals surface area (Å²) < 4.78 is 35.4. The van der Waals surface area contributed by atoms with Gasteiger partial charge in [0.05, 0.1) is 4.90 Å². The molecule has 1 aromatic rings. The van der Waals surface area contributed by atoms with Crippen LogP contribution in [-0.2, 0) is 14.6 Å². The molecule has 0 saturated heterocycles. The van der Waals surface area contributed by atoms with Gasteiger partial charge in [-0.1, -0.05) is 6.07 Å². The molecule has 0 unspecified atom stereocenters. The summed E-state index contributed by atoms with van der Waals surface area (Å²) in [5.74, 6) is -0.613. The van der Waals surface area contributed by atoms with Gasteiger partial charge in [0.2, 0.25) is 0 Å². The Morgan fingerprint density at radius 2 is 2.00 bits per heavy atom. The first-order chi connectivity index (χ1) is 7.02. The minimum absolute atomic E-state index is 0.118. The average Bonchev–Trinajstić information content (AvgIpc) is 2.98. The highest BCUT2D eigenvalue weighted by Gasteiger charge is 2.55. The molecule has 0 spiro atoms. The average molecular weight is 228 g/mol. The van der Waals surface area contributed by atoms with E-state index in [-0.39, 0.29) is 4.90 Å². The van der Waals surface area contributed by atoms with E-state index in [0.29, 0.717) is 19.1 Å². The molecule has 0 heterocycles. The molecule has 1 aliphatic rings. The summed E-state index contributed by atoms with van der Waals surface area (Å²) >= 11 is 0. The lowest BCUT2D eigenvalue weighted by atomic mass is 10.3. The third kappa shape index (κ3) is 1.47. The smallest absolute Gasteiger partial charge is 0.190 e. The van der Waals surface area contributed by atoms with Crippen molar-refractivity contribution in [2.24, 2.45) is 0 Å². The Balaban J connectivity index is 2.52. The van der Waals surface area contributed by atoms with Crippen molar-refractivity contribution in [3.05, 3.63) is 30.1 Å². The summed E-state index contributed by atoms with van der Waals surface area (Å²) in [6.07, 6.45) is 1.11.